The number of aldehydes is 1. The van der Waals surface area contributed by atoms with Gasteiger partial charge in [-0.05, 0) is 20.8 Å². The minimum atomic E-state index is -0.383. The summed E-state index contributed by atoms with van der Waals surface area (Å²) in [5.74, 6) is 1.60. The van der Waals surface area contributed by atoms with E-state index in [-0.39, 0.29) is 5.44 Å². The highest BCUT2D eigenvalue weighted by atomic mass is 32.2. The summed E-state index contributed by atoms with van der Waals surface area (Å²) >= 11 is 1.45. The van der Waals surface area contributed by atoms with E-state index in [1.165, 1.54) is 11.8 Å². The zero-order valence-corrected chi connectivity index (χ0v) is 10.1. The van der Waals surface area contributed by atoms with Crippen LogP contribution in [-0.4, -0.2) is 28.3 Å². The van der Waals surface area contributed by atoms with Crippen LogP contribution in [0.2, 0.25) is 0 Å². The molecule has 0 aliphatic rings. The monoisotopic (exact) mass is 228 g/mol. The van der Waals surface area contributed by atoms with Crippen molar-refractivity contribution in [2.75, 3.05) is 6.61 Å². The zero-order valence-electron chi connectivity index (χ0n) is 9.24. The predicted octanol–water partition coefficient (Wildman–Crippen LogP) is 1.82. The van der Waals surface area contributed by atoms with E-state index < -0.39 is 0 Å². The molecule has 0 spiro atoms. The summed E-state index contributed by atoms with van der Waals surface area (Å²) in [5.41, 5.74) is 1.66. The molecule has 1 atom stereocenters. The molecule has 1 aromatic rings. The number of aromatic amines is 1. The summed E-state index contributed by atoms with van der Waals surface area (Å²) in [4.78, 5) is 18.1. The Morgan fingerprint density at radius 3 is 2.80 bits per heavy atom. The fourth-order valence-electron chi connectivity index (χ4n) is 1.25. The van der Waals surface area contributed by atoms with E-state index in [1.807, 2.05) is 20.8 Å². The lowest BCUT2D eigenvalue weighted by Gasteiger charge is -2.08. The Morgan fingerprint density at radius 1 is 1.60 bits per heavy atom. The summed E-state index contributed by atoms with van der Waals surface area (Å²) in [6.45, 7) is 6.32. The molecule has 4 nitrogen and oxygen atoms in total. The third kappa shape index (κ3) is 3.68. The van der Waals surface area contributed by atoms with Crippen LogP contribution in [0.5, 0.6) is 0 Å². The lowest BCUT2D eigenvalue weighted by atomic mass is 10.4. The Morgan fingerprint density at radius 2 is 2.33 bits per heavy atom. The van der Waals surface area contributed by atoms with Gasteiger partial charge in [-0.25, -0.2) is 4.98 Å². The van der Waals surface area contributed by atoms with Gasteiger partial charge in [0.15, 0.2) is 11.7 Å². The summed E-state index contributed by atoms with van der Waals surface area (Å²) in [6, 6.07) is 0. The van der Waals surface area contributed by atoms with Crippen LogP contribution in [0, 0.1) is 13.8 Å². The van der Waals surface area contributed by atoms with Crippen molar-refractivity contribution in [2.45, 2.75) is 32.0 Å². The first-order valence-electron chi connectivity index (χ1n) is 4.88. The number of rotatable bonds is 6. The minimum absolute atomic E-state index is 0.383. The van der Waals surface area contributed by atoms with Gasteiger partial charge in [-0.15, -0.1) is 11.8 Å². The standard InChI is InChI=1S/C10H16N2O2S/c1-4-14-10(5-13)15-6-9-7(2)11-8(3)12-9/h5,10H,4,6H2,1-3H3,(H,11,12). The summed E-state index contributed by atoms with van der Waals surface area (Å²) in [6.07, 6.45) is 0.822. The topological polar surface area (TPSA) is 55.0 Å². The lowest BCUT2D eigenvalue weighted by Crippen LogP contribution is -2.10. The number of hydrogen-bond acceptors (Lipinski definition) is 4. The molecule has 0 aliphatic carbocycles. The highest BCUT2D eigenvalue weighted by molar-refractivity contribution is 7.99. The third-order valence-electron chi connectivity index (χ3n) is 1.93. The second kappa shape index (κ2) is 5.92. The van der Waals surface area contributed by atoms with Crippen molar-refractivity contribution in [3.05, 3.63) is 17.2 Å². The second-order valence-corrected chi connectivity index (χ2v) is 4.25. The number of aromatic nitrogens is 2. The number of aryl methyl sites for hydroxylation is 2. The number of carbonyl (C=O) groups excluding carboxylic acids is 1. The quantitative estimate of drug-likeness (QED) is 0.596. The molecule has 0 saturated heterocycles. The maximum Gasteiger partial charge on any atom is 0.159 e. The van der Waals surface area contributed by atoms with Crippen molar-refractivity contribution in [1.29, 1.82) is 0 Å². The first-order chi connectivity index (χ1) is 7.17. The highest BCUT2D eigenvalue weighted by Crippen LogP contribution is 2.18. The molecular weight excluding hydrogens is 212 g/mol. The van der Waals surface area contributed by atoms with Crippen molar-refractivity contribution >= 4 is 18.0 Å². The molecule has 1 rings (SSSR count). The largest absolute Gasteiger partial charge is 0.360 e. The van der Waals surface area contributed by atoms with Crippen molar-refractivity contribution in [3.8, 4) is 0 Å². The average Bonchev–Trinajstić information content (AvgIpc) is 2.52. The average molecular weight is 228 g/mol. The molecule has 0 radical (unpaired) electrons. The Hall–Kier alpha value is -0.810. The molecule has 0 bridgehead atoms. The van der Waals surface area contributed by atoms with Gasteiger partial charge in [0.25, 0.3) is 0 Å². The van der Waals surface area contributed by atoms with E-state index in [0.29, 0.717) is 12.4 Å². The molecule has 15 heavy (non-hydrogen) atoms. The van der Waals surface area contributed by atoms with Gasteiger partial charge >= 0.3 is 0 Å². The van der Waals surface area contributed by atoms with Crippen LogP contribution in [0.1, 0.15) is 24.1 Å². The normalized spacial score (nSPS) is 12.7. The lowest BCUT2D eigenvalue weighted by molar-refractivity contribution is -0.113. The Labute approximate surface area is 93.8 Å². The number of thioether (sulfide) groups is 1. The Kier molecular flexibility index (Phi) is 4.84. The van der Waals surface area contributed by atoms with Crippen LogP contribution in [0.25, 0.3) is 0 Å². The van der Waals surface area contributed by atoms with Gasteiger partial charge in [0.2, 0.25) is 0 Å². The van der Waals surface area contributed by atoms with E-state index in [4.69, 9.17) is 4.74 Å². The van der Waals surface area contributed by atoms with Crippen LogP contribution in [0.4, 0.5) is 0 Å². The zero-order chi connectivity index (χ0) is 11.3. The molecule has 84 valence electrons. The Bertz CT molecular complexity index is 325. The van der Waals surface area contributed by atoms with Gasteiger partial charge in [0.1, 0.15) is 5.82 Å². The minimum Gasteiger partial charge on any atom is -0.360 e. The van der Waals surface area contributed by atoms with E-state index in [1.54, 1.807) is 0 Å². The number of imidazole rings is 1. The maximum absolute atomic E-state index is 10.6. The SMILES string of the molecule is CCOC(C=O)SCc1nc(C)[nH]c1C. The van der Waals surface area contributed by atoms with Crippen molar-refractivity contribution < 1.29 is 9.53 Å². The molecule has 0 aromatic carbocycles. The number of ether oxygens (including phenoxy) is 1. The molecule has 5 heteroatoms. The van der Waals surface area contributed by atoms with Crippen LogP contribution in [0.3, 0.4) is 0 Å². The van der Waals surface area contributed by atoms with Crippen LogP contribution < -0.4 is 0 Å². The van der Waals surface area contributed by atoms with Gasteiger partial charge in [0.05, 0.1) is 5.69 Å². The van der Waals surface area contributed by atoms with Gasteiger partial charge in [-0.1, -0.05) is 0 Å². The number of carbonyl (C=O) groups is 1. The second-order valence-electron chi connectivity index (χ2n) is 3.16. The summed E-state index contributed by atoms with van der Waals surface area (Å²) in [5, 5.41) is 0. The van der Waals surface area contributed by atoms with Crippen LogP contribution in [0.15, 0.2) is 0 Å². The molecule has 1 heterocycles. The van der Waals surface area contributed by atoms with Crippen LogP contribution >= 0.6 is 11.8 Å². The molecule has 1 aromatic heterocycles. The first-order valence-corrected chi connectivity index (χ1v) is 5.92. The van der Waals surface area contributed by atoms with E-state index in [2.05, 4.69) is 9.97 Å². The Balaban J connectivity index is 2.48. The fraction of sp³-hybridized carbons (Fsp3) is 0.600. The van der Waals surface area contributed by atoms with Gasteiger partial charge < -0.3 is 9.72 Å². The van der Waals surface area contributed by atoms with Crippen molar-refractivity contribution in [3.63, 3.8) is 0 Å². The van der Waals surface area contributed by atoms with Gasteiger partial charge in [-0.3, -0.25) is 4.79 Å². The number of H-pyrrole nitrogens is 1. The molecule has 1 unspecified atom stereocenters. The number of nitrogens with one attached hydrogen (secondary N) is 1. The highest BCUT2D eigenvalue weighted by Gasteiger charge is 2.10. The number of hydrogen-bond donors (Lipinski definition) is 1. The van der Waals surface area contributed by atoms with E-state index in [0.717, 1.165) is 23.5 Å². The van der Waals surface area contributed by atoms with Gasteiger partial charge in [-0.2, -0.15) is 0 Å². The van der Waals surface area contributed by atoms with Crippen molar-refractivity contribution in [2.24, 2.45) is 0 Å². The van der Waals surface area contributed by atoms with Gasteiger partial charge in [0, 0.05) is 18.1 Å². The fourth-order valence-corrected chi connectivity index (χ4v) is 2.16. The van der Waals surface area contributed by atoms with Crippen LogP contribution in [-0.2, 0) is 15.3 Å². The molecule has 1 N–H and O–H groups in total. The smallest absolute Gasteiger partial charge is 0.159 e. The molecule has 0 amide bonds. The maximum atomic E-state index is 10.6. The molecule has 0 fully saturated rings. The summed E-state index contributed by atoms with van der Waals surface area (Å²) < 4.78 is 5.22. The molecule has 0 aliphatic heterocycles. The van der Waals surface area contributed by atoms with E-state index >= 15 is 0 Å². The van der Waals surface area contributed by atoms with Crippen molar-refractivity contribution in [1.82, 2.24) is 9.97 Å². The van der Waals surface area contributed by atoms with E-state index in [9.17, 15) is 4.79 Å². The first kappa shape index (κ1) is 12.3. The third-order valence-corrected chi connectivity index (χ3v) is 2.95. The number of nitrogens with zero attached hydrogens (tertiary/aromatic N) is 1. The predicted molar refractivity (Wildman–Crippen MR) is 60.8 cm³/mol. The molecule has 0 saturated carbocycles. The molecular formula is C10H16N2O2S. The summed E-state index contributed by atoms with van der Waals surface area (Å²) in [7, 11) is 0.